The first-order valence-corrected chi connectivity index (χ1v) is 3.92. The summed E-state index contributed by atoms with van der Waals surface area (Å²) in [5.74, 6) is -0.385. The summed E-state index contributed by atoms with van der Waals surface area (Å²) in [5, 5.41) is 8.78. The zero-order valence-electron chi connectivity index (χ0n) is 7.38. The molecule has 0 spiro atoms. The van der Waals surface area contributed by atoms with Gasteiger partial charge in [0.15, 0.2) is 0 Å². The topological polar surface area (TPSA) is 41.5 Å². The lowest BCUT2D eigenvalue weighted by Crippen LogP contribution is -2.11. The number of rotatable bonds is 4. The van der Waals surface area contributed by atoms with Crippen LogP contribution in [0.4, 0.5) is 4.39 Å². The van der Waals surface area contributed by atoms with Crippen LogP contribution in [0, 0.1) is 5.82 Å². The minimum atomic E-state index is -0.385. The van der Waals surface area contributed by atoms with Crippen LogP contribution in [0.25, 0.3) is 0 Å². The van der Waals surface area contributed by atoms with Gasteiger partial charge in [0.05, 0.1) is 13.7 Å². The van der Waals surface area contributed by atoms with Crippen LogP contribution in [0.3, 0.4) is 0 Å². The Balaban J connectivity index is 2.74. The van der Waals surface area contributed by atoms with Gasteiger partial charge in [0, 0.05) is 12.1 Å². The normalized spacial score (nSPS) is 10.4. The Morgan fingerprint density at radius 2 is 2.31 bits per heavy atom. The summed E-state index contributed by atoms with van der Waals surface area (Å²) in [6, 6.07) is 4.57. The Bertz CT molecular complexity index is 278. The lowest BCUT2D eigenvalue weighted by Gasteiger charge is -2.04. The van der Waals surface area contributed by atoms with Gasteiger partial charge in [0.1, 0.15) is 5.82 Å². The second-order valence-electron chi connectivity index (χ2n) is 2.61. The summed E-state index contributed by atoms with van der Waals surface area (Å²) < 4.78 is 12.9. The van der Waals surface area contributed by atoms with E-state index in [0.29, 0.717) is 12.1 Å². The van der Waals surface area contributed by atoms with Gasteiger partial charge in [-0.05, 0) is 17.7 Å². The van der Waals surface area contributed by atoms with Gasteiger partial charge in [-0.15, -0.1) is 0 Å². The first kappa shape index (κ1) is 10.1. The van der Waals surface area contributed by atoms with E-state index in [1.807, 2.05) is 0 Å². The minimum absolute atomic E-state index is 0.285. The van der Waals surface area contributed by atoms with Crippen molar-refractivity contribution in [2.75, 3.05) is 7.11 Å². The predicted octanol–water partition coefficient (Wildman–Crippen LogP) is 0.969. The molecule has 0 aliphatic heterocycles. The first-order valence-electron chi connectivity index (χ1n) is 3.92. The minimum Gasteiger partial charge on any atom is -0.392 e. The summed E-state index contributed by atoms with van der Waals surface area (Å²) in [4.78, 5) is 4.64. The molecule has 1 rings (SSSR count). The maximum atomic E-state index is 12.9. The molecule has 1 aromatic carbocycles. The standard InChI is InChI=1S/C9H12FNO2/c1-13-11-5-7-2-3-9(10)8(4-7)6-12/h2-4,11-12H,5-6H2,1H3. The number of halogens is 1. The van der Waals surface area contributed by atoms with E-state index in [4.69, 9.17) is 5.11 Å². The second kappa shape index (κ2) is 4.91. The van der Waals surface area contributed by atoms with Gasteiger partial charge in [0.2, 0.25) is 0 Å². The SMILES string of the molecule is CONCc1ccc(F)c(CO)c1. The van der Waals surface area contributed by atoms with Gasteiger partial charge in [-0.25, -0.2) is 4.39 Å². The number of aliphatic hydroxyl groups excluding tert-OH is 1. The van der Waals surface area contributed by atoms with E-state index >= 15 is 0 Å². The van der Waals surface area contributed by atoms with E-state index in [0.717, 1.165) is 5.56 Å². The van der Waals surface area contributed by atoms with Gasteiger partial charge in [0.25, 0.3) is 0 Å². The van der Waals surface area contributed by atoms with Crippen LogP contribution in [0.5, 0.6) is 0 Å². The zero-order valence-corrected chi connectivity index (χ0v) is 7.38. The van der Waals surface area contributed by atoms with Crippen molar-refractivity contribution in [2.24, 2.45) is 0 Å². The maximum Gasteiger partial charge on any atom is 0.128 e. The van der Waals surface area contributed by atoms with Crippen LogP contribution in [0.1, 0.15) is 11.1 Å². The van der Waals surface area contributed by atoms with Crippen LogP contribution in [0.2, 0.25) is 0 Å². The molecule has 0 atom stereocenters. The molecule has 0 aromatic heterocycles. The van der Waals surface area contributed by atoms with Crippen molar-refractivity contribution < 1.29 is 14.3 Å². The van der Waals surface area contributed by atoms with Crippen molar-refractivity contribution >= 4 is 0 Å². The number of hydrogen-bond donors (Lipinski definition) is 2. The highest BCUT2D eigenvalue weighted by Gasteiger charge is 2.01. The molecule has 4 heteroatoms. The molecule has 1 aromatic rings. The second-order valence-corrected chi connectivity index (χ2v) is 2.61. The molecule has 0 radical (unpaired) electrons. The van der Waals surface area contributed by atoms with Crippen molar-refractivity contribution in [1.29, 1.82) is 0 Å². The van der Waals surface area contributed by atoms with Crippen LogP contribution < -0.4 is 5.48 Å². The number of nitrogens with one attached hydrogen (secondary N) is 1. The number of aliphatic hydroxyl groups is 1. The van der Waals surface area contributed by atoms with Crippen LogP contribution in [-0.4, -0.2) is 12.2 Å². The van der Waals surface area contributed by atoms with Gasteiger partial charge in [-0.1, -0.05) is 6.07 Å². The summed E-state index contributed by atoms with van der Waals surface area (Å²) in [5.41, 5.74) is 3.80. The van der Waals surface area contributed by atoms with Crippen molar-refractivity contribution in [1.82, 2.24) is 5.48 Å². The zero-order chi connectivity index (χ0) is 9.68. The summed E-state index contributed by atoms with van der Waals surface area (Å²) in [6.07, 6.45) is 0. The average Bonchev–Trinajstić information content (AvgIpc) is 2.16. The lowest BCUT2D eigenvalue weighted by molar-refractivity contribution is 0.0866. The molecule has 0 fully saturated rings. The fraction of sp³-hybridized carbons (Fsp3) is 0.333. The smallest absolute Gasteiger partial charge is 0.128 e. The molecule has 0 aliphatic carbocycles. The quantitative estimate of drug-likeness (QED) is 0.687. The monoisotopic (exact) mass is 185 g/mol. The van der Waals surface area contributed by atoms with E-state index in [2.05, 4.69) is 10.3 Å². The van der Waals surface area contributed by atoms with Gasteiger partial charge in [-0.2, -0.15) is 5.48 Å². The van der Waals surface area contributed by atoms with E-state index in [1.165, 1.54) is 13.2 Å². The maximum absolute atomic E-state index is 12.9. The Kier molecular flexibility index (Phi) is 3.82. The fourth-order valence-corrected chi connectivity index (χ4v) is 1.01. The van der Waals surface area contributed by atoms with Crippen molar-refractivity contribution in [2.45, 2.75) is 13.2 Å². The number of hydrogen-bond acceptors (Lipinski definition) is 3. The highest BCUT2D eigenvalue weighted by molar-refractivity contribution is 5.24. The van der Waals surface area contributed by atoms with Crippen LogP contribution >= 0.6 is 0 Å². The third-order valence-corrected chi connectivity index (χ3v) is 1.70. The Morgan fingerprint density at radius 3 is 2.92 bits per heavy atom. The largest absolute Gasteiger partial charge is 0.392 e. The van der Waals surface area contributed by atoms with Gasteiger partial charge < -0.3 is 9.94 Å². The van der Waals surface area contributed by atoms with E-state index < -0.39 is 0 Å². The van der Waals surface area contributed by atoms with Crippen LogP contribution in [-0.2, 0) is 18.0 Å². The molecule has 0 saturated carbocycles. The van der Waals surface area contributed by atoms with Crippen molar-refractivity contribution in [3.05, 3.63) is 35.1 Å². The van der Waals surface area contributed by atoms with E-state index in [9.17, 15) is 4.39 Å². The predicted molar refractivity (Wildman–Crippen MR) is 46.2 cm³/mol. The fourth-order valence-electron chi connectivity index (χ4n) is 1.01. The van der Waals surface area contributed by atoms with E-state index in [1.54, 1.807) is 12.1 Å². The first-order chi connectivity index (χ1) is 6.27. The summed E-state index contributed by atoms with van der Waals surface area (Å²) >= 11 is 0. The molecule has 0 aliphatic rings. The number of hydroxylamine groups is 1. The highest BCUT2D eigenvalue weighted by Crippen LogP contribution is 2.10. The van der Waals surface area contributed by atoms with Gasteiger partial charge in [-0.3, -0.25) is 0 Å². The molecular formula is C9H12FNO2. The molecule has 3 nitrogen and oxygen atoms in total. The third-order valence-electron chi connectivity index (χ3n) is 1.70. The molecule has 0 heterocycles. The van der Waals surface area contributed by atoms with Gasteiger partial charge >= 0.3 is 0 Å². The van der Waals surface area contributed by atoms with Crippen LogP contribution in [0.15, 0.2) is 18.2 Å². The van der Waals surface area contributed by atoms with Crippen molar-refractivity contribution in [3.63, 3.8) is 0 Å². The summed E-state index contributed by atoms with van der Waals surface area (Å²) in [7, 11) is 1.51. The molecular weight excluding hydrogens is 173 g/mol. The van der Waals surface area contributed by atoms with E-state index in [-0.39, 0.29) is 12.4 Å². The Morgan fingerprint density at radius 1 is 1.54 bits per heavy atom. The molecule has 0 unspecified atom stereocenters. The van der Waals surface area contributed by atoms with Crippen molar-refractivity contribution in [3.8, 4) is 0 Å². The molecule has 2 N–H and O–H groups in total. The molecule has 72 valence electrons. The molecule has 0 bridgehead atoms. The highest BCUT2D eigenvalue weighted by atomic mass is 19.1. The molecule has 0 amide bonds. The Labute approximate surface area is 76.1 Å². The molecule has 13 heavy (non-hydrogen) atoms. The Hall–Kier alpha value is -0.970. The molecule has 0 saturated heterocycles. The number of benzene rings is 1. The summed E-state index contributed by atoms with van der Waals surface area (Å²) in [6.45, 7) is 0.205. The lowest BCUT2D eigenvalue weighted by atomic mass is 10.1. The average molecular weight is 185 g/mol. The third kappa shape index (κ3) is 2.77.